The summed E-state index contributed by atoms with van der Waals surface area (Å²) in [5.74, 6) is 2.06. The fourth-order valence-corrected chi connectivity index (χ4v) is 3.36. The molecule has 3 N–H and O–H groups in total. The lowest BCUT2D eigenvalue weighted by atomic mass is 10.2. The van der Waals surface area contributed by atoms with Crippen LogP contribution in [0.15, 0.2) is 23.3 Å². The summed E-state index contributed by atoms with van der Waals surface area (Å²) >= 11 is 4.74. The number of nitrogens with two attached hydrogens (primary N) is 1. The number of nitrogens with zero attached hydrogens (tertiary/aromatic N) is 6. The molecule has 2 aromatic rings. The molecule has 1 aromatic heterocycles. The second-order valence-electron chi connectivity index (χ2n) is 7.16. The van der Waals surface area contributed by atoms with Gasteiger partial charge in [0.05, 0.1) is 39.8 Å². The SMILES string of the molecule is COc1cc(/C=N\NC(N)=S)ccc1Oc1nc(N2CCOCC2)nc(N2CCOCC2)n1. The van der Waals surface area contributed by atoms with Crippen molar-refractivity contribution >= 4 is 35.4 Å². The van der Waals surface area contributed by atoms with Gasteiger partial charge in [-0.3, -0.25) is 5.43 Å². The predicted molar refractivity (Wildman–Crippen MR) is 126 cm³/mol. The quantitative estimate of drug-likeness (QED) is 0.329. The topological polar surface area (TPSA) is 132 Å². The third kappa shape index (κ3) is 6.15. The summed E-state index contributed by atoms with van der Waals surface area (Å²) in [6, 6.07) is 5.53. The zero-order valence-corrected chi connectivity index (χ0v) is 19.1. The molecule has 0 unspecified atom stereocenters. The molecule has 0 atom stereocenters. The molecular weight excluding hydrogens is 448 g/mol. The average molecular weight is 475 g/mol. The molecule has 2 aliphatic rings. The van der Waals surface area contributed by atoms with Crippen LogP contribution >= 0.6 is 12.2 Å². The lowest BCUT2D eigenvalue weighted by Crippen LogP contribution is -2.40. The molecule has 33 heavy (non-hydrogen) atoms. The number of ether oxygens (including phenoxy) is 4. The first-order valence-corrected chi connectivity index (χ1v) is 10.9. The Morgan fingerprint density at radius 2 is 1.64 bits per heavy atom. The maximum Gasteiger partial charge on any atom is 0.328 e. The first kappa shape index (κ1) is 22.9. The van der Waals surface area contributed by atoms with E-state index in [-0.39, 0.29) is 11.1 Å². The van der Waals surface area contributed by atoms with Crippen molar-refractivity contribution in [2.75, 3.05) is 69.5 Å². The minimum absolute atomic E-state index is 0.0835. The standard InChI is InChI=1S/C20H26N8O4S/c1-29-16-12-14(13-22-26-17(21)33)2-3-15(16)32-20-24-18(27-4-8-30-9-5-27)23-19(25-20)28-6-10-31-11-7-28/h2-3,12-13H,4-11H2,1H3,(H3,21,26,33)/b22-13-. The number of hydrogen-bond donors (Lipinski definition) is 2. The van der Waals surface area contributed by atoms with Gasteiger partial charge in [-0.1, -0.05) is 0 Å². The molecule has 13 heteroatoms. The molecule has 0 aliphatic carbocycles. The fraction of sp³-hybridized carbons (Fsp3) is 0.450. The second kappa shape index (κ2) is 11.0. The predicted octanol–water partition coefficient (Wildman–Crippen LogP) is 0.513. The zero-order chi connectivity index (χ0) is 23.0. The molecular formula is C20H26N8O4S. The fourth-order valence-electron chi connectivity index (χ4n) is 3.31. The number of morpholine rings is 2. The van der Waals surface area contributed by atoms with Gasteiger partial charge in [0.2, 0.25) is 11.9 Å². The summed E-state index contributed by atoms with van der Waals surface area (Å²) in [6.07, 6.45) is 1.57. The Labute approximate surface area is 196 Å². The summed E-state index contributed by atoms with van der Waals surface area (Å²) in [6.45, 7) is 5.27. The number of benzene rings is 1. The van der Waals surface area contributed by atoms with Gasteiger partial charge in [0.15, 0.2) is 16.6 Å². The Morgan fingerprint density at radius 3 is 2.18 bits per heavy atom. The normalized spacial score (nSPS) is 16.6. The van der Waals surface area contributed by atoms with Gasteiger partial charge in [-0.15, -0.1) is 0 Å². The third-order valence-electron chi connectivity index (χ3n) is 4.96. The van der Waals surface area contributed by atoms with Crippen LogP contribution in [0.4, 0.5) is 11.9 Å². The van der Waals surface area contributed by atoms with Crippen LogP contribution in [-0.2, 0) is 9.47 Å². The number of thiocarbonyl (C=S) groups is 1. The van der Waals surface area contributed by atoms with Crippen molar-refractivity contribution in [2.24, 2.45) is 10.8 Å². The third-order valence-corrected chi connectivity index (χ3v) is 5.05. The number of nitrogens with one attached hydrogen (secondary N) is 1. The van der Waals surface area contributed by atoms with E-state index in [2.05, 4.69) is 35.3 Å². The molecule has 0 bridgehead atoms. The molecule has 2 saturated heterocycles. The van der Waals surface area contributed by atoms with Crippen LogP contribution in [0.1, 0.15) is 5.56 Å². The van der Waals surface area contributed by atoms with Crippen LogP contribution in [-0.4, -0.2) is 86.0 Å². The lowest BCUT2D eigenvalue weighted by Gasteiger charge is -2.30. The van der Waals surface area contributed by atoms with Crippen molar-refractivity contribution in [1.82, 2.24) is 20.4 Å². The van der Waals surface area contributed by atoms with Crippen LogP contribution < -0.4 is 30.4 Å². The molecule has 3 heterocycles. The number of methoxy groups -OCH3 is 1. The highest BCUT2D eigenvalue weighted by Crippen LogP contribution is 2.32. The van der Waals surface area contributed by atoms with Crippen molar-refractivity contribution in [3.05, 3.63) is 23.8 Å². The van der Waals surface area contributed by atoms with Gasteiger partial charge >= 0.3 is 6.01 Å². The van der Waals surface area contributed by atoms with E-state index in [0.717, 1.165) is 5.56 Å². The number of aromatic nitrogens is 3. The molecule has 0 amide bonds. The van der Waals surface area contributed by atoms with Gasteiger partial charge in [0, 0.05) is 26.2 Å². The largest absolute Gasteiger partial charge is 0.493 e. The second-order valence-corrected chi connectivity index (χ2v) is 7.60. The van der Waals surface area contributed by atoms with E-state index in [1.807, 2.05) is 6.07 Å². The zero-order valence-electron chi connectivity index (χ0n) is 18.3. The highest BCUT2D eigenvalue weighted by atomic mass is 32.1. The average Bonchev–Trinajstić information content (AvgIpc) is 2.85. The van der Waals surface area contributed by atoms with Crippen molar-refractivity contribution in [3.8, 4) is 17.5 Å². The van der Waals surface area contributed by atoms with Crippen LogP contribution in [0.2, 0.25) is 0 Å². The van der Waals surface area contributed by atoms with E-state index in [0.29, 0.717) is 76.0 Å². The maximum absolute atomic E-state index is 6.06. The van der Waals surface area contributed by atoms with E-state index in [1.165, 1.54) is 0 Å². The molecule has 2 aliphatic heterocycles. The Kier molecular flexibility index (Phi) is 7.65. The van der Waals surface area contributed by atoms with Crippen molar-refractivity contribution in [3.63, 3.8) is 0 Å². The Balaban J connectivity index is 1.60. The summed E-state index contributed by atoms with van der Waals surface area (Å²) in [4.78, 5) is 17.9. The summed E-state index contributed by atoms with van der Waals surface area (Å²) in [5.41, 5.74) is 8.66. The number of hydrogen-bond acceptors (Lipinski definition) is 11. The van der Waals surface area contributed by atoms with Gasteiger partial charge in [0.1, 0.15) is 0 Å². The molecule has 12 nitrogen and oxygen atoms in total. The van der Waals surface area contributed by atoms with E-state index in [1.54, 1.807) is 25.5 Å². The number of rotatable bonds is 7. The molecule has 2 fully saturated rings. The van der Waals surface area contributed by atoms with Crippen LogP contribution in [0, 0.1) is 0 Å². The molecule has 0 spiro atoms. The van der Waals surface area contributed by atoms with Gasteiger partial charge in [-0.05, 0) is 36.0 Å². The first-order valence-electron chi connectivity index (χ1n) is 10.5. The molecule has 0 saturated carbocycles. The lowest BCUT2D eigenvalue weighted by molar-refractivity contribution is 0.121. The number of anilines is 2. The smallest absolute Gasteiger partial charge is 0.328 e. The molecule has 1 aromatic carbocycles. The van der Waals surface area contributed by atoms with Crippen LogP contribution in [0.5, 0.6) is 17.5 Å². The van der Waals surface area contributed by atoms with E-state index >= 15 is 0 Å². The molecule has 4 rings (SSSR count). The van der Waals surface area contributed by atoms with Gasteiger partial charge < -0.3 is 34.5 Å². The Bertz CT molecular complexity index is 960. The summed E-state index contributed by atoms with van der Waals surface area (Å²) in [5, 5.41) is 4.04. The van der Waals surface area contributed by atoms with E-state index < -0.39 is 0 Å². The Hall–Kier alpha value is -3.29. The first-order chi connectivity index (χ1) is 16.1. The van der Waals surface area contributed by atoms with Gasteiger partial charge in [0.25, 0.3) is 0 Å². The molecule has 176 valence electrons. The van der Waals surface area contributed by atoms with Crippen molar-refractivity contribution in [1.29, 1.82) is 0 Å². The minimum Gasteiger partial charge on any atom is -0.493 e. The highest BCUT2D eigenvalue weighted by molar-refractivity contribution is 7.80. The number of hydrazone groups is 1. The monoisotopic (exact) mass is 474 g/mol. The van der Waals surface area contributed by atoms with Crippen molar-refractivity contribution < 1.29 is 18.9 Å². The van der Waals surface area contributed by atoms with E-state index in [9.17, 15) is 0 Å². The maximum atomic E-state index is 6.06. The van der Waals surface area contributed by atoms with Crippen LogP contribution in [0.3, 0.4) is 0 Å². The molecule has 0 radical (unpaired) electrons. The summed E-state index contributed by atoms with van der Waals surface area (Å²) in [7, 11) is 1.56. The van der Waals surface area contributed by atoms with Crippen LogP contribution in [0.25, 0.3) is 0 Å². The summed E-state index contributed by atoms with van der Waals surface area (Å²) < 4.78 is 22.5. The minimum atomic E-state index is 0.0835. The van der Waals surface area contributed by atoms with Crippen molar-refractivity contribution in [2.45, 2.75) is 0 Å². The van der Waals surface area contributed by atoms with E-state index in [4.69, 9.17) is 36.9 Å². The highest BCUT2D eigenvalue weighted by Gasteiger charge is 2.22. The van der Waals surface area contributed by atoms with Gasteiger partial charge in [-0.2, -0.15) is 20.1 Å². The van der Waals surface area contributed by atoms with Gasteiger partial charge in [-0.25, -0.2) is 0 Å². The Morgan fingerprint density at radius 1 is 1.03 bits per heavy atom.